The molecule has 0 unspecified atom stereocenters. The number of rotatable bonds is 4. The lowest BCUT2D eigenvalue weighted by Gasteiger charge is -2.28. The van der Waals surface area contributed by atoms with E-state index >= 15 is 0 Å². The first-order chi connectivity index (χ1) is 11.5. The highest BCUT2D eigenvalue weighted by Crippen LogP contribution is 2.24. The van der Waals surface area contributed by atoms with Gasteiger partial charge in [0.1, 0.15) is 6.67 Å². The summed E-state index contributed by atoms with van der Waals surface area (Å²) in [7, 11) is 0. The second kappa shape index (κ2) is 7.36. The number of halogens is 2. The highest BCUT2D eigenvalue weighted by molar-refractivity contribution is 9.10. The largest absolute Gasteiger partial charge is 0.324 e. The number of hydrogen-bond acceptors (Lipinski definition) is 2. The number of anilines is 1. The number of carbonyl (C=O) groups excluding carboxylic acids is 2. The smallest absolute Gasteiger partial charge is 0.259 e. The van der Waals surface area contributed by atoms with Gasteiger partial charge < -0.3 is 4.90 Å². The second-order valence-corrected chi connectivity index (χ2v) is 6.97. The predicted molar refractivity (Wildman–Crippen MR) is 98.2 cm³/mol. The van der Waals surface area contributed by atoms with E-state index in [1.807, 2.05) is 18.2 Å². The summed E-state index contributed by atoms with van der Waals surface area (Å²) in [5, 5.41) is 0.550. The molecule has 0 atom stereocenters. The standard InChI is InChI=1S/C18H16BrClN2O2/c19-14-8-6-13(7-9-14)18(24)22(12-21-10-2-5-17(21)23)16-4-1-3-15(20)11-16/h1,3-4,6-9,11H,2,5,10,12H2. The molecule has 124 valence electrons. The summed E-state index contributed by atoms with van der Waals surface area (Å²) in [5.41, 5.74) is 1.24. The quantitative estimate of drug-likeness (QED) is 0.757. The highest BCUT2D eigenvalue weighted by Gasteiger charge is 2.26. The van der Waals surface area contributed by atoms with Crippen LogP contribution < -0.4 is 4.90 Å². The fourth-order valence-electron chi connectivity index (χ4n) is 2.68. The number of carbonyl (C=O) groups is 2. The van der Waals surface area contributed by atoms with E-state index in [9.17, 15) is 9.59 Å². The molecule has 0 N–H and O–H groups in total. The Morgan fingerprint density at radius 3 is 2.58 bits per heavy atom. The lowest BCUT2D eigenvalue weighted by Crippen LogP contribution is -2.42. The average Bonchev–Trinajstić information content (AvgIpc) is 2.97. The summed E-state index contributed by atoms with van der Waals surface area (Å²) in [4.78, 5) is 28.3. The van der Waals surface area contributed by atoms with Gasteiger partial charge in [0.2, 0.25) is 5.91 Å². The van der Waals surface area contributed by atoms with Crippen LogP contribution in [0, 0.1) is 0 Å². The van der Waals surface area contributed by atoms with Crippen molar-refractivity contribution in [3.63, 3.8) is 0 Å². The Morgan fingerprint density at radius 2 is 1.96 bits per heavy atom. The first-order valence-electron chi connectivity index (χ1n) is 7.65. The predicted octanol–water partition coefficient (Wildman–Crippen LogP) is 4.33. The zero-order chi connectivity index (χ0) is 17.1. The van der Waals surface area contributed by atoms with E-state index in [-0.39, 0.29) is 18.5 Å². The molecule has 1 aliphatic heterocycles. The molecule has 1 heterocycles. The van der Waals surface area contributed by atoms with Crippen molar-refractivity contribution in [1.29, 1.82) is 0 Å². The van der Waals surface area contributed by atoms with Crippen molar-refractivity contribution in [3.8, 4) is 0 Å². The van der Waals surface area contributed by atoms with Crippen LogP contribution in [0.4, 0.5) is 5.69 Å². The Bertz CT molecular complexity index is 764. The topological polar surface area (TPSA) is 40.6 Å². The molecule has 3 rings (SSSR count). The molecule has 24 heavy (non-hydrogen) atoms. The van der Waals surface area contributed by atoms with Crippen molar-refractivity contribution in [2.45, 2.75) is 12.8 Å². The Morgan fingerprint density at radius 1 is 1.21 bits per heavy atom. The first-order valence-corrected chi connectivity index (χ1v) is 8.82. The molecule has 2 amide bonds. The number of benzene rings is 2. The van der Waals surface area contributed by atoms with Crippen molar-refractivity contribution in [1.82, 2.24) is 4.90 Å². The van der Waals surface area contributed by atoms with Crippen molar-refractivity contribution >= 4 is 45.0 Å². The minimum absolute atomic E-state index is 0.0747. The van der Waals surface area contributed by atoms with Crippen LogP contribution in [0.15, 0.2) is 53.0 Å². The van der Waals surface area contributed by atoms with E-state index in [2.05, 4.69) is 15.9 Å². The third kappa shape index (κ3) is 3.79. The maximum absolute atomic E-state index is 13.0. The van der Waals surface area contributed by atoms with Gasteiger partial charge in [0.15, 0.2) is 0 Å². The van der Waals surface area contributed by atoms with Gasteiger partial charge >= 0.3 is 0 Å². The summed E-state index contributed by atoms with van der Waals surface area (Å²) in [6, 6.07) is 14.3. The highest BCUT2D eigenvalue weighted by atomic mass is 79.9. The molecule has 0 radical (unpaired) electrons. The Labute approximate surface area is 154 Å². The van der Waals surface area contributed by atoms with Crippen LogP contribution in [-0.2, 0) is 4.79 Å². The van der Waals surface area contributed by atoms with E-state index in [1.165, 1.54) is 0 Å². The molecule has 1 aliphatic rings. The van der Waals surface area contributed by atoms with Crippen LogP contribution in [0.3, 0.4) is 0 Å². The minimum atomic E-state index is -0.163. The Balaban J connectivity index is 1.93. The second-order valence-electron chi connectivity index (χ2n) is 5.62. The van der Waals surface area contributed by atoms with Gasteiger partial charge in [0.25, 0.3) is 5.91 Å². The average molecular weight is 408 g/mol. The molecule has 1 saturated heterocycles. The van der Waals surface area contributed by atoms with Crippen molar-refractivity contribution in [3.05, 3.63) is 63.6 Å². The van der Waals surface area contributed by atoms with Gasteiger partial charge in [-0.15, -0.1) is 0 Å². The van der Waals surface area contributed by atoms with E-state index in [0.717, 1.165) is 10.9 Å². The molecule has 0 aliphatic carbocycles. The van der Waals surface area contributed by atoms with Crippen LogP contribution in [-0.4, -0.2) is 29.9 Å². The van der Waals surface area contributed by atoms with E-state index in [1.54, 1.807) is 40.1 Å². The lowest BCUT2D eigenvalue weighted by molar-refractivity contribution is -0.127. The zero-order valence-corrected chi connectivity index (χ0v) is 15.3. The van der Waals surface area contributed by atoms with Crippen LogP contribution in [0.2, 0.25) is 5.02 Å². The summed E-state index contributed by atoms with van der Waals surface area (Å²) in [6.07, 6.45) is 1.37. The number of amides is 2. The van der Waals surface area contributed by atoms with E-state index < -0.39 is 0 Å². The van der Waals surface area contributed by atoms with Gasteiger partial charge in [-0.25, -0.2) is 0 Å². The van der Waals surface area contributed by atoms with Crippen molar-refractivity contribution in [2.24, 2.45) is 0 Å². The van der Waals surface area contributed by atoms with Crippen molar-refractivity contribution < 1.29 is 9.59 Å². The molecular formula is C18H16BrClN2O2. The Hall–Kier alpha value is -1.85. The molecule has 0 saturated carbocycles. The monoisotopic (exact) mass is 406 g/mol. The zero-order valence-electron chi connectivity index (χ0n) is 12.9. The summed E-state index contributed by atoms with van der Waals surface area (Å²) in [5.74, 6) is -0.0879. The number of hydrogen-bond donors (Lipinski definition) is 0. The Kier molecular flexibility index (Phi) is 5.21. The summed E-state index contributed by atoms with van der Waals surface area (Å²) < 4.78 is 0.906. The summed E-state index contributed by atoms with van der Waals surface area (Å²) >= 11 is 9.45. The molecule has 0 bridgehead atoms. The molecule has 4 nitrogen and oxygen atoms in total. The maximum atomic E-state index is 13.0. The molecule has 0 aromatic heterocycles. The third-order valence-electron chi connectivity index (χ3n) is 3.94. The van der Waals surface area contributed by atoms with Gasteiger partial charge in [-0.2, -0.15) is 0 Å². The van der Waals surface area contributed by atoms with Gasteiger partial charge in [-0.3, -0.25) is 14.5 Å². The SMILES string of the molecule is O=C1CCCN1CN(C(=O)c1ccc(Br)cc1)c1cccc(Cl)c1. The molecule has 6 heteroatoms. The van der Waals surface area contributed by atoms with E-state index in [0.29, 0.717) is 29.2 Å². The molecule has 2 aromatic rings. The molecule has 0 spiro atoms. The lowest BCUT2D eigenvalue weighted by atomic mass is 10.2. The van der Waals surface area contributed by atoms with Gasteiger partial charge in [0.05, 0.1) is 0 Å². The van der Waals surface area contributed by atoms with Crippen LogP contribution in [0.25, 0.3) is 0 Å². The minimum Gasteiger partial charge on any atom is -0.324 e. The third-order valence-corrected chi connectivity index (χ3v) is 4.70. The fraction of sp³-hybridized carbons (Fsp3) is 0.222. The van der Waals surface area contributed by atoms with Crippen LogP contribution >= 0.6 is 27.5 Å². The van der Waals surface area contributed by atoms with E-state index in [4.69, 9.17) is 11.6 Å². The molecular weight excluding hydrogens is 392 g/mol. The van der Waals surface area contributed by atoms with Gasteiger partial charge in [-0.1, -0.05) is 33.6 Å². The molecule has 2 aromatic carbocycles. The number of nitrogens with zero attached hydrogens (tertiary/aromatic N) is 2. The van der Waals surface area contributed by atoms with Crippen LogP contribution in [0.1, 0.15) is 23.2 Å². The first kappa shape index (κ1) is 17.0. The summed E-state index contributed by atoms with van der Waals surface area (Å²) in [6.45, 7) is 0.900. The van der Waals surface area contributed by atoms with Gasteiger partial charge in [0, 0.05) is 33.7 Å². The van der Waals surface area contributed by atoms with Crippen molar-refractivity contribution in [2.75, 3.05) is 18.1 Å². The number of likely N-dealkylation sites (tertiary alicyclic amines) is 1. The fourth-order valence-corrected chi connectivity index (χ4v) is 3.13. The van der Waals surface area contributed by atoms with Gasteiger partial charge in [-0.05, 0) is 48.9 Å². The normalized spacial score (nSPS) is 14.1. The molecule has 1 fully saturated rings. The van der Waals surface area contributed by atoms with Crippen LogP contribution in [0.5, 0.6) is 0 Å². The maximum Gasteiger partial charge on any atom is 0.259 e.